The first-order valence-corrected chi connectivity index (χ1v) is 10.7. The van der Waals surface area contributed by atoms with Crippen LogP contribution in [0.15, 0.2) is 16.8 Å². The average Bonchev–Trinajstić information content (AvgIpc) is 2.94. The van der Waals surface area contributed by atoms with E-state index in [9.17, 15) is 13.5 Å². The molecule has 2 N–H and O–H groups in total. The van der Waals surface area contributed by atoms with Crippen LogP contribution in [0.1, 0.15) is 37.7 Å². The van der Waals surface area contributed by atoms with Gasteiger partial charge in [0.1, 0.15) is 0 Å². The van der Waals surface area contributed by atoms with Crippen LogP contribution in [0.5, 0.6) is 0 Å². The Morgan fingerprint density at radius 2 is 1.82 bits per heavy atom. The minimum absolute atomic E-state index is 0.00711. The summed E-state index contributed by atoms with van der Waals surface area (Å²) in [5.41, 5.74) is -0.00985. The van der Waals surface area contributed by atoms with Crippen LogP contribution in [0.2, 0.25) is 0 Å². The summed E-state index contributed by atoms with van der Waals surface area (Å²) < 4.78 is 27.2. The number of hydrogen-bond donors (Lipinski definition) is 2. The molecule has 0 aliphatic heterocycles. The summed E-state index contributed by atoms with van der Waals surface area (Å²) in [7, 11) is -3.38. The zero-order valence-corrected chi connectivity index (χ0v) is 14.2. The summed E-state index contributed by atoms with van der Waals surface area (Å²) in [5.74, 6) is 2.11. The van der Waals surface area contributed by atoms with Gasteiger partial charge in [0.25, 0.3) is 0 Å². The highest BCUT2D eigenvalue weighted by molar-refractivity contribution is 7.88. The first kappa shape index (κ1) is 15.1. The van der Waals surface area contributed by atoms with E-state index in [-0.39, 0.29) is 24.1 Å². The van der Waals surface area contributed by atoms with Gasteiger partial charge < -0.3 is 5.11 Å². The van der Waals surface area contributed by atoms with E-state index in [1.54, 1.807) is 0 Å². The molecular weight excluding hydrogens is 318 g/mol. The van der Waals surface area contributed by atoms with E-state index in [4.69, 9.17) is 0 Å². The van der Waals surface area contributed by atoms with Gasteiger partial charge in [0, 0.05) is 6.54 Å². The van der Waals surface area contributed by atoms with Crippen LogP contribution >= 0.6 is 11.3 Å². The Balaban J connectivity index is 1.44. The van der Waals surface area contributed by atoms with E-state index in [1.165, 1.54) is 17.8 Å². The summed E-state index contributed by atoms with van der Waals surface area (Å²) >= 11 is 1.50. The predicted molar refractivity (Wildman–Crippen MR) is 86.9 cm³/mol. The van der Waals surface area contributed by atoms with Gasteiger partial charge in [0.05, 0.1) is 11.4 Å². The Morgan fingerprint density at radius 3 is 2.36 bits per heavy atom. The molecule has 4 bridgehead atoms. The van der Waals surface area contributed by atoms with Crippen molar-refractivity contribution >= 4 is 21.4 Å². The van der Waals surface area contributed by atoms with E-state index in [0.29, 0.717) is 0 Å². The second-order valence-corrected chi connectivity index (χ2v) is 10.1. The predicted octanol–water partition coefficient (Wildman–Crippen LogP) is 2.35. The largest absolute Gasteiger partial charge is 0.388 e. The lowest BCUT2D eigenvalue weighted by molar-refractivity contribution is -0.167. The third-order valence-electron chi connectivity index (χ3n) is 6.06. The van der Waals surface area contributed by atoms with E-state index in [2.05, 4.69) is 4.72 Å². The molecule has 1 heterocycles. The van der Waals surface area contributed by atoms with Crippen molar-refractivity contribution in [1.29, 1.82) is 0 Å². The molecule has 5 rings (SSSR count). The summed E-state index contributed by atoms with van der Waals surface area (Å²) in [6.07, 6.45) is 5.64. The lowest BCUT2D eigenvalue weighted by atomic mass is 9.50. The van der Waals surface area contributed by atoms with Gasteiger partial charge in [0.15, 0.2) is 0 Å². The zero-order valence-electron chi connectivity index (χ0n) is 12.6. The maximum Gasteiger partial charge on any atom is 0.215 e. The quantitative estimate of drug-likeness (QED) is 0.864. The minimum atomic E-state index is -3.38. The summed E-state index contributed by atoms with van der Waals surface area (Å²) in [6.45, 7) is 0.189. The first-order chi connectivity index (χ1) is 10.4. The normalized spacial score (nSPS) is 40.2. The van der Waals surface area contributed by atoms with Gasteiger partial charge in [0.2, 0.25) is 10.0 Å². The molecule has 1 aromatic heterocycles. The van der Waals surface area contributed by atoms with Crippen molar-refractivity contribution in [3.8, 4) is 0 Å². The fourth-order valence-corrected chi connectivity index (χ4v) is 7.11. The standard InChI is InChI=1S/C16H23NO3S2/c18-16(10-17-22(19,20)9-11-1-2-21-8-11)14-4-12-3-13(6-14)7-15(16)5-12/h1-2,8,12-15,17-18H,3-7,9-10H2. The number of aliphatic hydroxyl groups is 1. The Kier molecular flexibility index (Phi) is 3.64. The number of thiophene rings is 1. The van der Waals surface area contributed by atoms with Gasteiger partial charge in [-0.05, 0) is 78.2 Å². The fraction of sp³-hybridized carbons (Fsp3) is 0.750. The van der Waals surface area contributed by atoms with E-state index < -0.39 is 15.6 Å². The van der Waals surface area contributed by atoms with Gasteiger partial charge in [-0.2, -0.15) is 11.3 Å². The lowest BCUT2D eigenvalue weighted by Gasteiger charge is -2.58. The van der Waals surface area contributed by atoms with Gasteiger partial charge in [-0.25, -0.2) is 13.1 Å². The van der Waals surface area contributed by atoms with Crippen molar-refractivity contribution in [3.63, 3.8) is 0 Å². The number of rotatable bonds is 5. The Bertz CT molecular complexity index is 610. The van der Waals surface area contributed by atoms with Crippen molar-refractivity contribution in [2.75, 3.05) is 6.54 Å². The molecule has 0 atom stereocenters. The topological polar surface area (TPSA) is 66.4 Å². The van der Waals surface area contributed by atoms with Crippen molar-refractivity contribution in [2.24, 2.45) is 23.7 Å². The van der Waals surface area contributed by atoms with E-state index in [0.717, 1.165) is 43.1 Å². The number of hydrogen-bond acceptors (Lipinski definition) is 4. The van der Waals surface area contributed by atoms with Crippen molar-refractivity contribution < 1.29 is 13.5 Å². The molecule has 22 heavy (non-hydrogen) atoms. The molecule has 4 nitrogen and oxygen atoms in total. The molecule has 0 aromatic carbocycles. The molecule has 4 aliphatic rings. The second-order valence-electron chi connectivity index (χ2n) is 7.51. The van der Waals surface area contributed by atoms with Gasteiger partial charge in [-0.1, -0.05) is 0 Å². The third kappa shape index (κ3) is 2.64. The summed E-state index contributed by atoms with van der Waals surface area (Å²) in [6, 6.07) is 1.83. The van der Waals surface area contributed by atoms with E-state index >= 15 is 0 Å². The SMILES string of the molecule is O=S(=O)(Cc1ccsc1)NCC1(O)C2CC3CC(C2)CC1C3. The highest BCUT2D eigenvalue weighted by Crippen LogP contribution is 2.58. The Hall–Kier alpha value is -0.430. The van der Waals surface area contributed by atoms with Crippen LogP contribution in [0.25, 0.3) is 0 Å². The highest BCUT2D eigenvalue weighted by atomic mass is 32.2. The molecule has 0 radical (unpaired) electrons. The molecular formula is C16H23NO3S2. The van der Waals surface area contributed by atoms with Crippen LogP contribution in [0, 0.1) is 23.7 Å². The van der Waals surface area contributed by atoms with Crippen molar-refractivity contribution in [2.45, 2.75) is 43.5 Å². The van der Waals surface area contributed by atoms with Gasteiger partial charge >= 0.3 is 0 Å². The van der Waals surface area contributed by atoms with Crippen LogP contribution < -0.4 is 4.72 Å². The molecule has 0 unspecified atom stereocenters. The summed E-state index contributed by atoms with van der Waals surface area (Å²) in [5, 5.41) is 14.9. The third-order valence-corrected chi connectivity index (χ3v) is 8.09. The number of nitrogens with one attached hydrogen (secondary N) is 1. The molecule has 0 saturated heterocycles. The Labute approximate surface area is 136 Å². The van der Waals surface area contributed by atoms with Crippen LogP contribution in [-0.4, -0.2) is 25.7 Å². The lowest BCUT2D eigenvalue weighted by Crippen LogP contribution is -2.62. The van der Waals surface area contributed by atoms with Gasteiger partial charge in [-0.3, -0.25) is 0 Å². The highest BCUT2D eigenvalue weighted by Gasteiger charge is 2.56. The first-order valence-electron chi connectivity index (χ1n) is 8.15. The maximum absolute atomic E-state index is 12.3. The monoisotopic (exact) mass is 341 g/mol. The average molecular weight is 341 g/mol. The zero-order chi connectivity index (χ0) is 15.4. The number of sulfonamides is 1. The second kappa shape index (κ2) is 5.30. The van der Waals surface area contributed by atoms with Crippen molar-refractivity contribution in [1.82, 2.24) is 4.72 Å². The molecule has 122 valence electrons. The maximum atomic E-state index is 12.3. The van der Waals surface area contributed by atoms with E-state index in [1.807, 2.05) is 16.8 Å². The molecule has 0 spiro atoms. The minimum Gasteiger partial charge on any atom is -0.388 e. The molecule has 6 heteroatoms. The van der Waals surface area contributed by atoms with Crippen molar-refractivity contribution in [3.05, 3.63) is 22.4 Å². The molecule has 4 saturated carbocycles. The molecule has 0 amide bonds. The molecule has 4 aliphatic carbocycles. The van der Waals surface area contributed by atoms with Crippen LogP contribution in [-0.2, 0) is 15.8 Å². The van der Waals surface area contributed by atoms with Crippen LogP contribution in [0.3, 0.4) is 0 Å². The van der Waals surface area contributed by atoms with Gasteiger partial charge in [-0.15, -0.1) is 0 Å². The molecule has 1 aromatic rings. The smallest absolute Gasteiger partial charge is 0.215 e. The summed E-state index contributed by atoms with van der Waals surface area (Å²) in [4.78, 5) is 0. The fourth-order valence-electron chi connectivity index (χ4n) is 5.16. The Morgan fingerprint density at radius 1 is 1.18 bits per heavy atom. The molecule has 4 fully saturated rings. The van der Waals surface area contributed by atoms with Crippen LogP contribution in [0.4, 0.5) is 0 Å².